The molecule has 1 heterocycles. The average Bonchev–Trinajstić information content (AvgIpc) is 2.56. The van der Waals surface area contributed by atoms with Crippen LogP contribution >= 0.6 is 0 Å². The number of hydrogen-bond donors (Lipinski definition) is 3. The lowest BCUT2D eigenvalue weighted by Crippen LogP contribution is -2.34. The summed E-state index contributed by atoms with van der Waals surface area (Å²) in [5, 5.41) is 5.95. The predicted molar refractivity (Wildman–Crippen MR) is 84.2 cm³/mol. The molecule has 3 N–H and O–H groups in total. The zero-order valence-corrected chi connectivity index (χ0v) is 12.6. The fourth-order valence-corrected chi connectivity index (χ4v) is 2.11. The normalized spacial score (nSPS) is 11.7. The van der Waals surface area contributed by atoms with Crippen molar-refractivity contribution in [3.8, 4) is 5.75 Å². The van der Waals surface area contributed by atoms with E-state index < -0.39 is 0 Å². The topological polar surface area (TPSA) is 83.2 Å². The van der Waals surface area contributed by atoms with Crippen LogP contribution in [0.15, 0.2) is 47.4 Å². The summed E-state index contributed by atoms with van der Waals surface area (Å²) >= 11 is 0. The van der Waals surface area contributed by atoms with E-state index in [1.165, 1.54) is 19.4 Å². The van der Waals surface area contributed by atoms with Gasteiger partial charge in [-0.1, -0.05) is 30.3 Å². The predicted octanol–water partition coefficient (Wildman–Crippen LogP) is 1.07. The minimum atomic E-state index is -0.337. The molecule has 1 atom stereocenters. The fourth-order valence-electron chi connectivity index (χ4n) is 2.11. The van der Waals surface area contributed by atoms with Crippen LogP contribution < -0.4 is 20.8 Å². The van der Waals surface area contributed by atoms with Gasteiger partial charge in [-0.25, -0.2) is 0 Å². The van der Waals surface area contributed by atoms with Crippen LogP contribution in [0.5, 0.6) is 5.75 Å². The molecule has 0 aliphatic rings. The Hall–Kier alpha value is -2.60. The highest BCUT2D eigenvalue weighted by molar-refractivity contribution is 5.92. The SMILES string of the molecule is CNC(CNC(=O)c1cc(=O)c(OC)c[nH]1)c1ccccc1. The molecule has 6 nitrogen and oxygen atoms in total. The van der Waals surface area contributed by atoms with Gasteiger partial charge >= 0.3 is 0 Å². The van der Waals surface area contributed by atoms with Crippen LogP contribution in [0.2, 0.25) is 0 Å². The van der Waals surface area contributed by atoms with Gasteiger partial charge in [0, 0.05) is 24.8 Å². The maximum absolute atomic E-state index is 12.1. The van der Waals surface area contributed by atoms with Gasteiger partial charge in [-0.3, -0.25) is 9.59 Å². The van der Waals surface area contributed by atoms with Gasteiger partial charge in [-0.05, 0) is 12.6 Å². The Balaban J connectivity index is 2.03. The molecule has 116 valence electrons. The van der Waals surface area contributed by atoms with Gasteiger partial charge < -0.3 is 20.4 Å². The zero-order chi connectivity index (χ0) is 15.9. The number of methoxy groups -OCH3 is 1. The van der Waals surface area contributed by atoms with Crippen molar-refractivity contribution in [2.45, 2.75) is 6.04 Å². The average molecular weight is 301 g/mol. The maximum atomic E-state index is 12.1. The summed E-state index contributed by atoms with van der Waals surface area (Å²) in [6.45, 7) is 0.410. The van der Waals surface area contributed by atoms with Crippen LogP contribution in [0, 0.1) is 0 Å². The standard InChI is InChI=1S/C16H19N3O3/c1-17-13(11-6-4-3-5-7-11)9-19-16(21)12-8-14(20)15(22-2)10-18-12/h3-8,10,13,17H,9H2,1-2H3,(H,18,20)(H,19,21). The van der Waals surface area contributed by atoms with Crippen molar-refractivity contribution in [3.63, 3.8) is 0 Å². The molecular weight excluding hydrogens is 282 g/mol. The molecule has 0 fully saturated rings. The lowest BCUT2D eigenvalue weighted by Gasteiger charge is -2.17. The molecule has 0 aliphatic heterocycles. The van der Waals surface area contributed by atoms with Gasteiger partial charge in [-0.15, -0.1) is 0 Å². The van der Waals surface area contributed by atoms with E-state index in [0.717, 1.165) is 5.56 Å². The second-order valence-electron chi connectivity index (χ2n) is 4.74. The van der Waals surface area contributed by atoms with Crippen LogP contribution in [0.25, 0.3) is 0 Å². The van der Waals surface area contributed by atoms with Gasteiger partial charge in [0.1, 0.15) is 5.69 Å². The van der Waals surface area contributed by atoms with E-state index in [1.807, 2.05) is 37.4 Å². The number of likely N-dealkylation sites (N-methyl/N-ethyl adjacent to an activating group) is 1. The number of amides is 1. The van der Waals surface area contributed by atoms with E-state index in [1.54, 1.807) is 0 Å². The first-order valence-corrected chi connectivity index (χ1v) is 6.93. The van der Waals surface area contributed by atoms with Gasteiger partial charge in [0.05, 0.1) is 7.11 Å². The Labute approximate surface area is 128 Å². The minimum absolute atomic E-state index is 0.00452. The van der Waals surface area contributed by atoms with E-state index in [0.29, 0.717) is 6.54 Å². The lowest BCUT2D eigenvalue weighted by atomic mass is 10.1. The summed E-state index contributed by atoms with van der Waals surface area (Å²) in [6.07, 6.45) is 1.38. The van der Waals surface area contributed by atoms with Crippen molar-refractivity contribution in [1.82, 2.24) is 15.6 Å². The molecule has 0 radical (unpaired) electrons. The van der Waals surface area contributed by atoms with E-state index >= 15 is 0 Å². The lowest BCUT2D eigenvalue weighted by molar-refractivity contribution is 0.0944. The number of ether oxygens (including phenoxy) is 1. The minimum Gasteiger partial charge on any atom is -0.491 e. The summed E-state index contributed by atoms with van der Waals surface area (Å²) in [4.78, 5) is 26.5. The van der Waals surface area contributed by atoms with E-state index in [4.69, 9.17) is 4.74 Å². The van der Waals surface area contributed by atoms with Crippen molar-refractivity contribution in [2.75, 3.05) is 20.7 Å². The Morgan fingerprint density at radius 3 is 2.64 bits per heavy atom. The highest BCUT2D eigenvalue weighted by Crippen LogP contribution is 2.10. The van der Waals surface area contributed by atoms with Crippen LogP contribution in [0.3, 0.4) is 0 Å². The van der Waals surface area contributed by atoms with Crippen molar-refractivity contribution in [1.29, 1.82) is 0 Å². The van der Waals surface area contributed by atoms with Gasteiger partial charge in [-0.2, -0.15) is 0 Å². The first kappa shape index (κ1) is 15.8. The largest absolute Gasteiger partial charge is 0.491 e. The molecule has 6 heteroatoms. The third-order valence-corrected chi connectivity index (χ3v) is 3.36. The Kier molecular flexibility index (Phi) is 5.32. The van der Waals surface area contributed by atoms with E-state index in [2.05, 4.69) is 15.6 Å². The smallest absolute Gasteiger partial charge is 0.267 e. The molecule has 1 amide bonds. The van der Waals surface area contributed by atoms with E-state index in [-0.39, 0.29) is 28.8 Å². The Morgan fingerprint density at radius 1 is 1.32 bits per heavy atom. The highest BCUT2D eigenvalue weighted by atomic mass is 16.5. The summed E-state index contributed by atoms with van der Waals surface area (Å²) in [5.41, 5.74) is 0.946. The quantitative estimate of drug-likeness (QED) is 0.745. The van der Waals surface area contributed by atoms with E-state index in [9.17, 15) is 9.59 Å². The van der Waals surface area contributed by atoms with Crippen LogP contribution in [0.1, 0.15) is 22.1 Å². The number of pyridine rings is 1. The van der Waals surface area contributed by atoms with Crippen molar-refractivity contribution >= 4 is 5.91 Å². The van der Waals surface area contributed by atoms with Crippen LogP contribution in [0.4, 0.5) is 0 Å². The number of H-pyrrole nitrogens is 1. The molecule has 0 saturated carbocycles. The first-order valence-electron chi connectivity index (χ1n) is 6.93. The van der Waals surface area contributed by atoms with Gasteiger partial charge in [0.2, 0.25) is 5.43 Å². The molecule has 1 aromatic carbocycles. The fraction of sp³-hybridized carbons (Fsp3) is 0.250. The van der Waals surface area contributed by atoms with Crippen LogP contribution in [-0.4, -0.2) is 31.6 Å². The zero-order valence-electron chi connectivity index (χ0n) is 12.6. The molecule has 0 aliphatic carbocycles. The number of nitrogens with one attached hydrogen (secondary N) is 3. The van der Waals surface area contributed by atoms with Gasteiger partial charge in [0.25, 0.3) is 5.91 Å². The molecular formula is C16H19N3O3. The summed E-state index contributed by atoms with van der Waals surface area (Å²) < 4.78 is 4.87. The summed E-state index contributed by atoms with van der Waals surface area (Å²) in [6, 6.07) is 11.0. The molecule has 22 heavy (non-hydrogen) atoms. The van der Waals surface area contributed by atoms with Crippen molar-refractivity contribution < 1.29 is 9.53 Å². The number of rotatable bonds is 6. The molecule has 1 unspecified atom stereocenters. The number of benzene rings is 1. The summed E-state index contributed by atoms with van der Waals surface area (Å²) in [5.74, 6) is -0.162. The highest BCUT2D eigenvalue weighted by Gasteiger charge is 2.13. The third kappa shape index (κ3) is 3.73. The molecule has 0 saturated heterocycles. The van der Waals surface area contributed by atoms with Crippen molar-refractivity contribution in [3.05, 3.63) is 64.1 Å². The molecule has 1 aromatic heterocycles. The number of hydrogen-bond acceptors (Lipinski definition) is 4. The molecule has 2 aromatic rings. The van der Waals surface area contributed by atoms with Gasteiger partial charge in [0.15, 0.2) is 5.75 Å². The third-order valence-electron chi connectivity index (χ3n) is 3.36. The number of aromatic nitrogens is 1. The molecule has 0 spiro atoms. The second kappa shape index (κ2) is 7.42. The first-order chi connectivity index (χ1) is 10.7. The van der Waals surface area contributed by atoms with Crippen molar-refractivity contribution in [2.24, 2.45) is 0 Å². The van der Waals surface area contributed by atoms with Crippen LogP contribution in [-0.2, 0) is 0 Å². The second-order valence-corrected chi connectivity index (χ2v) is 4.74. The Bertz CT molecular complexity index is 683. The number of aromatic amines is 1. The monoisotopic (exact) mass is 301 g/mol. The summed E-state index contributed by atoms with van der Waals surface area (Å²) in [7, 11) is 3.24. The molecule has 2 rings (SSSR count). The molecule has 0 bridgehead atoms. The number of carbonyl (C=O) groups is 1. The Morgan fingerprint density at radius 2 is 2.05 bits per heavy atom. The maximum Gasteiger partial charge on any atom is 0.267 e. The number of carbonyl (C=O) groups excluding carboxylic acids is 1.